The van der Waals surface area contributed by atoms with E-state index in [4.69, 9.17) is 0 Å². The summed E-state index contributed by atoms with van der Waals surface area (Å²) in [5.74, 6) is 5.41. The highest BCUT2D eigenvalue weighted by atomic mass is 14.3. The molecule has 0 radical (unpaired) electrons. The molecule has 228 valence electrons. The maximum Gasteiger partial charge on any atom is -0.0178 e. The molecular weight excluding hydrogens is 468 g/mol. The lowest BCUT2D eigenvalue weighted by Crippen LogP contribution is -2.11. The Morgan fingerprint density at radius 1 is 0.462 bits per heavy atom. The van der Waals surface area contributed by atoms with E-state index >= 15 is 0 Å². The molecule has 0 saturated heterocycles. The minimum absolute atomic E-state index is 0.836. The van der Waals surface area contributed by atoms with Crippen LogP contribution in [0.1, 0.15) is 179 Å². The van der Waals surface area contributed by atoms with Crippen LogP contribution in [0.25, 0.3) is 0 Å². The van der Waals surface area contributed by atoms with E-state index in [-0.39, 0.29) is 0 Å². The third kappa shape index (κ3) is 14.1. The largest absolute Gasteiger partial charge is 0.0772 e. The van der Waals surface area contributed by atoms with Gasteiger partial charge in [-0.1, -0.05) is 94.2 Å². The summed E-state index contributed by atoms with van der Waals surface area (Å²) in [4.78, 5) is 0. The molecule has 3 unspecified atom stereocenters. The molecule has 0 bridgehead atoms. The number of hydrogen-bond acceptors (Lipinski definition) is 0. The molecule has 0 heterocycles. The standard InChI is InChI=1S/3C13H24/c1-10(2)12-6-5-7-13(9-8-12)11(3)4;1-10(2)12-7-5-6-8-13(9-12)11(3)4;1-10(2)12-8-6-5-7-9-13(12)11(3)4/h3*10,12H,5-9H2,1-4H3. The van der Waals surface area contributed by atoms with Crippen LogP contribution >= 0.6 is 0 Å². The highest BCUT2D eigenvalue weighted by Gasteiger charge is 2.21. The molecule has 3 rings (SSSR count). The highest BCUT2D eigenvalue weighted by molar-refractivity contribution is 5.15. The summed E-state index contributed by atoms with van der Waals surface area (Å²) in [5.41, 5.74) is 9.99. The van der Waals surface area contributed by atoms with Crippen LogP contribution in [-0.2, 0) is 0 Å². The molecule has 3 atom stereocenters. The second-order valence-electron chi connectivity index (χ2n) is 15.1. The van der Waals surface area contributed by atoms with Crippen LogP contribution in [0.3, 0.4) is 0 Å². The molecule has 0 aliphatic heterocycles. The van der Waals surface area contributed by atoms with Gasteiger partial charge < -0.3 is 0 Å². The smallest absolute Gasteiger partial charge is 0.0178 e. The zero-order valence-electron chi connectivity index (χ0n) is 29.1. The lowest BCUT2D eigenvalue weighted by Gasteiger charge is -2.23. The first-order valence-corrected chi connectivity index (χ1v) is 17.3. The predicted molar refractivity (Wildman–Crippen MR) is 179 cm³/mol. The topological polar surface area (TPSA) is 0 Å². The Hall–Kier alpha value is -0.780. The van der Waals surface area contributed by atoms with E-state index in [2.05, 4.69) is 83.1 Å². The third-order valence-electron chi connectivity index (χ3n) is 10.3. The summed E-state index contributed by atoms with van der Waals surface area (Å²) in [5, 5.41) is 0. The fourth-order valence-electron chi connectivity index (χ4n) is 7.23. The highest BCUT2D eigenvalue weighted by Crippen LogP contribution is 2.36. The molecule has 3 aliphatic rings. The summed E-state index contributed by atoms with van der Waals surface area (Å²) < 4.78 is 0. The maximum absolute atomic E-state index is 2.37. The molecule has 0 spiro atoms. The van der Waals surface area contributed by atoms with Crippen molar-refractivity contribution < 1.29 is 0 Å². The van der Waals surface area contributed by atoms with Crippen molar-refractivity contribution in [3.05, 3.63) is 33.4 Å². The third-order valence-corrected chi connectivity index (χ3v) is 10.3. The predicted octanol–water partition coefficient (Wildman–Crippen LogP) is 13.7. The van der Waals surface area contributed by atoms with Crippen LogP contribution in [0.4, 0.5) is 0 Å². The minimum Gasteiger partial charge on any atom is -0.0772 e. The Balaban J connectivity index is 0.000000292. The van der Waals surface area contributed by atoms with Gasteiger partial charge in [-0.2, -0.15) is 0 Å². The number of hydrogen-bond donors (Lipinski definition) is 0. The van der Waals surface area contributed by atoms with Crippen molar-refractivity contribution in [2.45, 2.75) is 179 Å². The number of rotatable bonds is 3. The van der Waals surface area contributed by atoms with Crippen molar-refractivity contribution in [1.82, 2.24) is 0 Å². The van der Waals surface area contributed by atoms with Gasteiger partial charge in [0.05, 0.1) is 0 Å². The average Bonchev–Trinajstić information content (AvgIpc) is 3.36. The minimum atomic E-state index is 0.836. The Morgan fingerprint density at radius 3 is 1.54 bits per heavy atom. The van der Waals surface area contributed by atoms with Gasteiger partial charge in [0.15, 0.2) is 0 Å². The molecule has 0 aromatic carbocycles. The molecular formula is C39H72. The fraction of sp³-hybridized carbons (Fsp3) is 0.846. The Morgan fingerprint density at radius 2 is 1.00 bits per heavy atom. The first kappa shape index (κ1) is 36.2. The molecule has 0 amide bonds. The first-order chi connectivity index (χ1) is 18.3. The fourth-order valence-corrected chi connectivity index (χ4v) is 7.23. The zero-order chi connectivity index (χ0) is 29.5. The molecule has 0 N–H and O–H groups in total. The van der Waals surface area contributed by atoms with Crippen molar-refractivity contribution in [1.29, 1.82) is 0 Å². The Bertz CT molecular complexity index is 756. The molecule has 0 aromatic heterocycles. The summed E-state index contributed by atoms with van der Waals surface area (Å²) in [6, 6.07) is 0. The summed E-state index contributed by atoms with van der Waals surface area (Å²) >= 11 is 0. The number of allylic oxidation sites excluding steroid dienone is 6. The Labute approximate surface area is 248 Å². The second kappa shape index (κ2) is 19.4. The van der Waals surface area contributed by atoms with E-state index < -0.39 is 0 Å². The van der Waals surface area contributed by atoms with E-state index in [1.54, 1.807) is 33.4 Å². The van der Waals surface area contributed by atoms with Gasteiger partial charge in [0, 0.05) is 0 Å². The van der Waals surface area contributed by atoms with Gasteiger partial charge in [0.2, 0.25) is 0 Å². The molecule has 0 aromatic rings. The summed E-state index contributed by atoms with van der Waals surface area (Å²) in [7, 11) is 0. The summed E-state index contributed by atoms with van der Waals surface area (Å²) in [6.07, 6.45) is 21.2. The van der Waals surface area contributed by atoms with Crippen LogP contribution in [0.5, 0.6) is 0 Å². The quantitative estimate of drug-likeness (QED) is 0.246. The molecule has 3 aliphatic carbocycles. The monoisotopic (exact) mass is 541 g/mol. The molecule has 39 heavy (non-hydrogen) atoms. The van der Waals surface area contributed by atoms with Gasteiger partial charge in [0.25, 0.3) is 0 Å². The van der Waals surface area contributed by atoms with Crippen LogP contribution < -0.4 is 0 Å². The Kier molecular flexibility index (Phi) is 18.0. The lowest BCUT2D eigenvalue weighted by atomic mass is 9.82. The van der Waals surface area contributed by atoms with Gasteiger partial charge in [-0.3, -0.25) is 0 Å². The lowest BCUT2D eigenvalue weighted by molar-refractivity contribution is 0.344. The first-order valence-electron chi connectivity index (χ1n) is 17.3. The van der Waals surface area contributed by atoms with Crippen molar-refractivity contribution >= 4 is 0 Å². The van der Waals surface area contributed by atoms with E-state index in [9.17, 15) is 0 Å². The van der Waals surface area contributed by atoms with E-state index in [0.717, 1.165) is 35.5 Å². The van der Waals surface area contributed by atoms with Gasteiger partial charge in [0.1, 0.15) is 0 Å². The molecule has 3 fully saturated rings. The van der Waals surface area contributed by atoms with Crippen LogP contribution in [0.2, 0.25) is 0 Å². The SMILES string of the molecule is CC(C)=C1CCCC(C(C)C)CC1.CC(C)=C1CCCCC(C(C)C)C1.CC(C)=C1CCCCCC1C(C)C. The van der Waals surface area contributed by atoms with E-state index in [1.165, 1.54) is 96.3 Å². The van der Waals surface area contributed by atoms with Gasteiger partial charge in [-0.25, -0.2) is 0 Å². The van der Waals surface area contributed by atoms with Crippen LogP contribution in [-0.4, -0.2) is 0 Å². The van der Waals surface area contributed by atoms with Gasteiger partial charge >= 0.3 is 0 Å². The van der Waals surface area contributed by atoms with Crippen LogP contribution in [0.15, 0.2) is 33.4 Å². The van der Waals surface area contributed by atoms with Gasteiger partial charge in [-0.15, -0.1) is 0 Å². The van der Waals surface area contributed by atoms with Crippen molar-refractivity contribution in [3.63, 3.8) is 0 Å². The van der Waals surface area contributed by atoms with Crippen molar-refractivity contribution in [3.8, 4) is 0 Å². The van der Waals surface area contributed by atoms with Crippen molar-refractivity contribution in [2.24, 2.45) is 35.5 Å². The van der Waals surface area contributed by atoms with Crippen molar-refractivity contribution in [2.75, 3.05) is 0 Å². The molecule has 3 saturated carbocycles. The molecule has 0 heteroatoms. The second-order valence-corrected chi connectivity index (χ2v) is 15.1. The maximum atomic E-state index is 2.37. The van der Waals surface area contributed by atoms with Gasteiger partial charge in [-0.05, 0) is 154 Å². The normalized spacial score (nSPS) is 24.7. The average molecular weight is 541 g/mol. The molecule has 0 nitrogen and oxygen atoms in total. The van der Waals surface area contributed by atoms with E-state index in [1.807, 2.05) is 0 Å². The zero-order valence-corrected chi connectivity index (χ0v) is 29.1. The summed E-state index contributed by atoms with van der Waals surface area (Å²) in [6.45, 7) is 27.9. The van der Waals surface area contributed by atoms with Crippen LogP contribution in [0, 0.1) is 35.5 Å². The van der Waals surface area contributed by atoms with E-state index in [0.29, 0.717) is 0 Å².